The third-order valence-electron chi connectivity index (χ3n) is 2.22. The molecule has 0 spiro atoms. The van der Waals surface area contributed by atoms with E-state index in [-0.39, 0.29) is 12.0 Å². The Hall–Kier alpha value is -0.960. The van der Waals surface area contributed by atoms with Gasteiger partial charge in [0, 0.05) is 5.92 Å². The minimum atomic E-state index is -0.359. The Labute approximate surface area is 78.8 Å². The van der Waals surface area contributed by atoms with Crippen molar-refractivity contribution in [1.29, 1.82) is 0 Å². The molecule has 1 aromatic rings. The van der Waals surface area contributed by atoms with E-state index in [0.717, 1.165) is 17.8 Å². The molecule has 3 heteroatoms. The molecule has 0 bridgehead atoms. The van der Waals surface area contributed by atoms with Crippen LogP contribution in [0.5, 0.6) is 0 Å². The smallest absolute Gasteiger partial charge is 0.0687 e. The molecule has 0 fully saturated rings. The Morgan fingerprint density at radius 1 is 1.38 bits per heavy atom. The van der Waals surface area contributed by atoms with Crippen molar-refractivity contribution in [3.63, 3.8) is 0 Å². The summed E-state index contributed by atoms with van der Waals surface area (Å²) < 4.78 is 0. The van der Waals surface area contributed by atoms with Crippen molar-refractivity contribution in [3.05, 3.63) is 23.5 Å². The Bertz CT molecular complexity index is 256. The molecule has 0 amide bonds. The van der Waals surface area contributed by atoms with Gasteiger partial charge >= 0.3 is 0 Å². The summed E-state index contributed by atoms with van der Waals surface area (Å²) in [6, 6.07) is 3.86. The molecule has 0 aliphatic rings. The maximum atomic E-state index is 9.47. The van der Waals surface area contributed by atoms with Crippen molar-refractivity contribution in [2.45, 2.75) is 39.2 Å². The SMILES string of the molecule is CCC(c1ccc(C)nn1)C(C)O. The lowest BCUT2D eigenvalue weighted by molar-refractivity contribution is 0.157. The van der Waals surface area contributed by atoms with Crippen molar-refractivity contribution < 1.29 is 5.11 Å². The summed E-state index contributed by atoms with van der Waals surface area (Å²) in [6.07, 6.45) is 0.525. The molecule has 3 nitrogen and oxygen atoms in total. The highest BCUT2D eigenvalue weighted by Crippen LogP contribution is 2.20. The van der Waals surface area contributed by atoms with Crippen molar-refractivity contribution in [2.24, 2.45) is 0 Å². The Kier molecular flexibility index (Phi) is 3.37. The molecule has 1 aromatic heterocycles. The van der Waals surface area contributed by atoms with Gasteiger partial charge in [0.05, 0.1) is 17.5 Å². The molecule has 1 rings (SSSR count). The highest BCUT2D eigenvalue weighted by atomic mass is 16.3. The summed E-state index contributed by atoms with van der Waals surface area (Å²) in [4.78, 5) is 0. The lowest BCUT2D eigenvalue weighted by Crippen LogP contribution is -2.15. The number of aliphatic hydroxyl groups excluding tert-OH is 1. The standard InChI is InChI=1S/C10H16N2O/c1-4-9(8(3)13)10-6-5-7(2)11-12-10/h5-6,8-9,13H,4H2,1-3H3. The van der Waals surface area contributed by atoms with Gasteiger partial charge in [-0.3, -0.25) is 0 Å². The predicted octanol–water partition coefficient (Wildman–Crippen LogP) is 1.66. The molecule has 0 aromatic carbocycles. The molecule has 0 saturated carbocycles. The molecule has 0 aliphatic carbocycles. The number of hydrogen-bond acceptors (Lipinski definition) is 3. The monoisotopic (exact) mass is 180 g/mol. The number of aliphatic hydroxyl groups is 1. The van der Waals surface area contributed by atoms with Gasteiger partial charge in [-0.2, -0.15) is 10.2 Å². The first kappa shape index (κ1) is 10.1. The van der Waals surface area contributed by atoms with E-state index in [4.69, 9.17) is 0 Å². The van der Waals surface area contributed by atoms with E-state index in [0.29, 0.717) is 0 Å². The van der Waals surface area contributed by atoms with Crippen LogP contribution in [-0.4, -0.2) is 21.4 Å². The minimum absolute atomic E-state index is 0.105. The quantitative estimate of drug-likeness (QED) is 0.769. The van der Waals surface area contributed by atoms with Gasteiger partial charge in [-0.05, 0) is 32.4 Å². The van der Waals surface area contributed by atoms with Crippen molar-refractivity contribution in [2.75, 3.05) is 0 Å². The zero-order chi connectivity index (χ0) is 9.84. The van der Waals surface area contributed by atoms with E-state index in [1.54, 1.807) is 6.92 Å². The van der Waals surface area contributed by atoms with Gasteiger partial charge in [0.25, 0.3) is 0 Å². The number of nitrogens with zero attached hydrogens (tertiary/aromatic N) is 2. The zero-order valence-corrected chi connectivity index (χ0v) is 8.36. The van der Waals surface area contributed by atoms with Crippen LogP contribution >= 0.6 is 0 Å². The molecule has 2 unspecified atom stereocenters. The van der Waals surface area contributed by atoms with Gasteiger partial charge in [-0.25, -0.2) is 0 Å². The molecule has 0 saturated heterocycles. The summed E-state index contributed by atoms with van der Waals surface area (Å²) in [6.45, 7) is 5.73. The van der Waals surface area contributed by atoms with Crippen LogP contribution in [0.2, 0.25) is 0 Å². The largest absolute Gasteiger partial charge is 0.393 e. The normalized spacial score (nSPS) is 15.4. The minimum Gasteiger partial charge on any atom is -0.393 e. The topological polar surface area (TPSA) is 46.0 Å². The van der Waals surface area contributed by atoms with Gasteiger partial charge in [0.15, 0.2) is 0 Å². The molecule has 0 radical (unpaired) electrons. The van der Waals surface area contributed by atoms with E-state index >= 15 is 0 Å². The highest BCUT2D eigenvalue weighted by molar-refractivity contribution is 5.11. The summed E-state index contributed by atoms with van der Waals surface area (Å²) >= 11 is 0. The number of rotatable bonds is 3. The van der Waals surface area contributed by atoms with E-state index in [1.807, 2.05) is 26.0 Å². The molecule has 13 heavy (non-hydrogen) atoms. The predicted molar refractivity (Wildman–Crippen MR) is 51.5 cm³/mol. The maximum Gasteiger partial charge on any atom is 0.0687 e. The maximum absolute atomic E-state index is 9.47. The van der Waals surface area contributed by atoms with Crippen LogP contribution in [0.25, 0.3) is 0 Å². The first-order valence-corrected chi connectivity index (χ1v) is 4.63. The molecular formula is C10H16N2O. The van der Waals surface area contributed by atoms with E-state index in [2.05, 4.69) is 10.2 Å². The summed E-state index contributed by atoms with van der Waals surface area (Å²) in [5.41, 5.74) is 1.78. The third kappa shape index (κ3) is 2.49. The lowest BCUT2D eigenvalue weighted by atomic mass is 9.96. The average molecular weight is 180 g/mol. The van der Waals surface area contributed by atoms with Crippen LogP contribution in [0.15, 0.2) is 12.1 Å². The van der Waals surface area contributed by atoms with Gasteiger partial charge in [-0.1, -0.05) is 6.92 Å². The second kappa shape index (κ2) is 4.33. The van der Waals surface area contributed by atoms with Gasteiger partial charge in [-0.15, -0.1) is 0 Å². The fraction of sp³-hybridized carbons (Fsp3) is 0.600. The fourth-order valence-electron chi connectivity index (χ4n) is 1.40. The van der Waals surface area contributed by atoms with Crippen LogP contribution in [0.3, 0.4) is 0 Å². The van der Waals surface area contributed by atoms with E-state index in [1.165, 1.54) is 0 Å². The van der Waals surface area contributed by atoms with Gasteiger partial charge in [0.2, 0.25) is 0 Å². The lowest BCUT2D eigenvalue weighted by Gasteiger charge is -2.16. The zero-order valence-electron chi connectivity index (χ0n) is 8.36. The summed E-state index contributed by atoms with van der Waals surface area (Å²) in [5, 5.41) is 17.5. The van der Waals surface area contributed by atoms with E-state index in [9.17, 15) is 5.11 Å². The molecule has 2 atom stereocenters. The first-order chi connectivity index (χ1) is 6.15. The van der Waals surface area contributed by atoms with Gasteiger partial charge in [0.1, 0.15) is 0 Å². The van der Waals surface area contributed by atoms with Crippen molar-refractivity contribution in [1.82, 2.24) is 10.2 Å². The number of aryl methyl sites for hydroxylation is 1. The van der Waals surface area contributed by atoms with Crippen LogP contribution in [0, 0.1) is 6.92 Å². The Morgan fingerprint density at radius 3 is 2.46 bits per heavy atom. The van der Waals surface area contributed by atoms with Crippen LogP contribution in [0.4, 0.5) is 0 Å². The number of aromatic nitrogens is 2. The van der Waals surface area contributed by atoms with Crippen LogP contribution in [0.1, 0.15) is 37.6 Å². The average Bonchev–Trinajstić information content (AvgIpc) is 2.09. The van der Waals surface area contributed by atoms with Gasteiger partial charge < -0.3 is 5.11 Å². The highest BCUT2D eigenvalue weighted by Gasteiger charge is 2.16. The van der Waals surface area contributed by atoms with Crippen molar-refractivity contribution in [3.8, 4) is 0 Å². The Balaban J connectivity index is 2.86. The third-order valence-corrected chi connectivity index (χ3v) is 2.22. The second-order valence-corrected chi connectivity index (χ2v) is 3.35. The van der Waals surface area contributed by atoms with Crippen molar-refractivity contribution >= 4 is 0 Å². The molecule has 1 heterocycles. The van der Waals surface area contributed by atoms with E-state index < -0.39 is 0 Å². The summed E-state index contributed by atoms with van der Waals surface area (Å²) in [7, 11) is 0. The summed E-state index contributed by atoms with van der Waals surface area (Å²) in [5.74, 6) is 0.105. The number of hydrogen-bond donors (Lipinski definition) is 1. The molecule has 0 aliphatic heterocycles. The first-order valence-electron chi connectivity index (χ1n) is 4.63. The molecule has 1 N–H and O–H groups in total. The second-order valence-electron chi connectivity index (χ2n) is 3.35. The Morgan fingerprint density at radius 2 is 2.08 bits per heavy atom. The molecule has 72 valence electrons. The molecular weight excluding hydrogens is 164 g/mol. The van der Waals surface area contributed by atoms with Crippen LogP contribution in [-0.2, 0) is 0 Å². The fourth-order valence-corrected chi connectivity index (χ4v) is 1.40. The van der Waals surface area contributed by atoms with Crippen LogP contribution < -0.4 is 0 Å².